The zero-order valence-corrected chi connectivity index (χ0v) is 48.5. The van der Waals surface area contributed by atoms with Crippen molar-refractivity contribution >= 4 is 74.0 Å². The van der Waals surface area contributed by atoms with Gasteiger partial charge in [-0.2, -0.15) is 37.2 Å². The van der Waals surface area contributed by atoms with Crippen molar-refractivity contribution < 1.29 is 24.1 Å². The van der Waals surface area contributed by atoms with E-state index in [1.54, 1.807) is 16.2 Å². The highest BCUT2D eigenvalue weighted by atomic mass is 35.5. The monoisotopic (exact) mass is 1160 g/mol. The predicted molar refractivity (Wildman–Crippen MR) is 318 cm³/mol. The highest BCUT2D eigenvalue weighted by molar-refractivity contribution is 7.59. The van der Waals surface area contributed by atoms with Crippen LogP contribution in [0.5, 0.6) is 11.5 Å². The number of hydrogen-bond acceptors (Lipinski definition) is 13. The molecule has 3 atom stereocenters. The first-order valence-corrected chi connectivity index (χ1v) is 26.9. The number of piperazine rings is 2. The smallest absolute Gasteiger partial charge is 0.346 e. The molecule has 3 aliphatic rings. The Labute approximate surface area is 482 Å². The second kappa shape index (κ2) is 32.4. The lowest BCUT2D eigenvalue weighted by Crippen LogP contribution is -2.46. The van der Waals surface area contributed by atoms with Gasteiger partial charge in [-0.25, -0.2) is 19.0 Å². The second-order valence-corrected chi connectivity index (χ2v) is 19.8. The van der Waals surface area contributed by atoms with Crippen molar-refractivity contribution in [3.63, 3.8) is 0 Å². The minimum absolute atomic E-state index is 0. The van der Waals surface area contributed by atoms with Gasteiger partial charge in [-0.05, 0) is 107 Å². The molecule has 1 unspecified atom stereocenters. The van der Waals surface area contributed by atoms with E-state index in [1.807, 2.05) is 104 Å². The molecule has 22 heteroatoms. The van der Waals surface area contributed by atoms with E-state index in [2.05, 4.69) is 36.8 Å². The van der Waals surface area contributed by atoms with Gasteiger partial charge < -0.3 is 33.9 Å². The molecule has 2 aromatic heterocycles. The van der Waals surface area contributed by atoms with Crippen molar-refractivity contribution in [2.45, 2.75) is 90.6 Å². The van der Waals surface area contributed by atoms with E-state index < -0.39 is 6.10 Å². The van der Waals surface area contributed by atoms with Crippen LogP contribution >= 0.6 is 62.6 Å². The number of aryl methyl sites for hydroxylation is 2. The van der Waals surface area contributed by atoms with Crippen LogP contribution in [-0.4, -0.2) is 135 Å². The van der Waals surface area contributed by atoms with Gasteiger partial charge in [-0.1, -0.05) is 71.7 Å². The average Bonchev–Trinajstić information content (AvgIpc) is 3.92. The van der Waals surface area contributed by atoms with Crippen LogP contribution < -0.4 is 30.7 Å². The topological polar surface area (TPSA) is 150 Å². The van der Waals surface area contributed by atoms with Crippen molar-refractivity contribution in [1.82, 2.24) is 38.5 Å². The number of ether oxygens (including phenoxy) is 4. The van der Waals surface area contributed by atoms with Gasteiger partial charge in [-0.15, -0.1) is 12.4 Å². The van der Waals surface area contributed by atoms with Gasteiger partial charge in [0, 0.05) is 107 Å². The van der Waals surface area contributed by atoms with Gasteiger partial charge in [0.15, 0.2) is 17.9 Å². The summed E-state index contributed by atoms with van der Waals surface area (Å²) in [5.41, 5.74) is 1.99. The molecular formula is C55H77Cl3N10O7S2. The molecule has 0 spiro atoms. The molecular weight excluding hydrogens is 1080 g/mol. The zero-order chi connectivity index (χ0) is 51.7. The van der Waals surface area contributed by atoms with Crippen LogP contribution in [0.15, 0.2) is 119 Å². The van der Waals surface area contributed by atoms with E-state index >= 15 is 0 Å². The maximum atomic E-state index is 13.4. The third-order valence-electron chi connectivity index (χ3n) is 13.6. The number of para-hydroxylation sites is 2. The summed E-state index contributed by atoms with van der Waals surface area (Å²) in [7, 11) is 0. The van der Waals surface area contributed by atoms with Crippen molar-refractivity contribution in [2.75, 3.05) is 95.1 Å². The quantitative estimate of drug-likeness (QED) is 0.0696. The highest BCUT2D eigenvalue weighted by Gasteiger charge is 2.26. The Morgan fingerprint density at radius 1 is 0.597 bits per heavy atom. The van der Waals surface area contributed by atoms with E-state index in [9.17, 15) is 14.7 Å². The fourth-order valence-corrected chi connectivity index (χ4v) is 9.95. The standard InChI is InChI=1S/C30H40ClN5O4.C25H32ClN5O3.ClH.2H2S/c1-24(40-28-13-5-6-21-39-28)29-32-36(30(37)35(29)20-22-38-27-11-3-2-4-12-27)15-8-14-33-16-18-34(19-17-33)26-10-7-9-25(31)23-26;1-20(32)24-27-31(25(33)30(24)17-18-34-23-9-3-2-4-10-23)12-6-11-28-13-15-29(16-14-28)22-8-5-7-21(26)19-22;;;/h2-4,7,9-12,23-24,28H,5-6,8,13-22H2,1H3;2-5,7-10,19-20,32H,6,11-18H2,1H3;1H;2*1H2/t24-,28?;20-;;;/m00.../s1. The summed E-state index contributed by atoms with van der Waals surface area (Å²) in [4.78, 5) is 35.9. The number of halogens is 3. The first-order chi connectivity index (χ1) is 36.1. The van der Waals surface area contributed by atoms with E-state index in [-0.39, 0.29) is 63.2 Å². The molecule has 3 aliphatic heterocycles. The Kier molecular flexibility index (Phi) is 26.6. The summed E-state index contributed by atoms with van der Waals surface area (Å²) in [6, 6.07) is 35.1. The van der Waals surface area contributed by atoms with Crippen molar-refractivity contribution in [3.8, 4) is 11.5 Å². The van der Waals surface area contributed by atoms with Gasteiger partial charge in [0.1, 0.15) is 36.9 Å². The molecule has 0 radical (unpaired) electrons. The number of benzene rings is 4. The maximum Gasteiger partial charge on any atom is 0.346 e. The second-order valence-electron chi connectivity index (χ2n) is 18.9. The number of aromatic nitrogens is 6. The lowest BCUT2D eigenvalue weighted by Gasteiger charge is -2.36. The molecule has 422 valence electrons. The maximum absolute atomic E-state index is 13.4. The molecule has 3 saturated heterocycles. The van der Waals surface area contributed by atoms with Crippen LogP contribution in [-0.2, 0) is 35.7 Å². The van der Waals surface area contributed by atoms with Crippen LogP contribution in [0.25, 0.3) is 0 Å². The largest absolute Gasteiger partial charge is 0.492 e. The van der Waals surface area contributed by atoms with Gasteiger partial charge in [0.2, 0.25) is 0 Å². The normalized spacial score (nSPS) is 16.7. The third kappa shape index (κ3) is 18.7. The predicted octanol–water partition coefficient (Wildman–Crippen LogP) is 8.28. The van der Waals surface area contributed by atoms with Crippen molar-refractivity contribution in [1.29, 1.82) is 0 Å². The Hall–Kier alpha value is -4.67. The lowest BCUT2D eigenvalue weighted by molar-refractivity contribution is -0.188. The van der Waals surface area contributed by atoms with Crippen LogP contribution in [0.2, 0.25) is 10.0 Å². The minimum Gasteiger partial charge on any atom is -0.492 e. The van der Waals surface area contributed by atoms with Crippen LogP contribution in [0, 0.1) is 0 Å². The van der Waals surface area contributed by atoms with Crippen molar-refractivity contribution in [2.24, 2.45) is 0 Å². The summed E-state index contributed by atoms with van der Waals surface area (Å²) in [6.07, 6.45) is 3.19. The molecule has 0 saturated carbocycles. The third-order valence-corrected chi connectivity index (χ3v) is 14.0. The molecule has 0 amide bonds. The van der Waals surface area contributed by atoms with Gasteiger partial charge >= 0.3 is 11.4 Å². The van der Waals surface area contributed by atoms with Crippen LogP contribution in [0.3, 0.4) is 0 Å². The van der Waals surface area contributed by atoms with E-state index in [0.29, 0.717) is 57.6 Å². The molecule has 0 bridgehead atoms. The first kappa shape index (κ1) is 63.2. The molecule has 9 rings (SSSR count). The van der Waals surface area contributed by atoms with Crippen molar-refractivity contribution in [3.05, 3.63) is 152 Å². The molecule has 77 heavy (non-hydrogen) atoms. The molecule has 5 heterocycles. The Balaban J connectivity index is 0.000000277. The molecule has 1 N–H and O–H groups in total. The van der Waals surface area contributed by atoms with E-state index in [4.69, 9.17) is 47.2 Å². The van der Waals surface area contributed by atoms with Gasteiger partial charge in [0.25, 0.3) is 0 Å². The molecule has 17 nitrogen and oxygen atoms in total. The molecule has 0 aliphatic carbocycles. The average molecular weight is 1160 g/mol. The molecule has 6 aromatic rings. The number of aliphatic hydroxyl groups is 1. The summed E-state index contributed by atoms with van der Waals surface area (Å²) in [6.45, 7) is 16.3. The fourth-order valence-electron chi connectivity index (χ4n) is 9.58. The van der Waals surface area contributed by atoms with E-state index in [0.717, 1.165) is 125 Å². The fraction of sp³-hybridized carbons (Fsp3) is 0.491. The first-order valence-electron chi connectivity index (χ1n) is 26.2. The van der Waals surface area contributed by atoms with E-state index in [1.165, 1.54) is 14.9 Å². The summed E-state index contributed by atoms with van der Waals surface area (Å²) in [5, 5.41) is 20.8. The number of rotatable bonds is 22. The SMILES string of the molecule is C[C@H](O)c1nn(CCCN2CCN(c3cccc(Cl)c3)CC2)c(=O)n1CCOc1ccccc1.C[C@H](OC1CCCCO1)c1nn(CCCN2CCN(c3cccc(Cl)c3)CC2)c(=O)n1CCOc1ccccc1.Cl.S.S. The number of hydrogen-bond donors (Lipinski definition) is 1. The summed E-state index contributed by atoms with van der Waals surface area (Å²) < 4.78 is 29.8. The summed E-state index contributed by atoms with van der Waals surface area (Å²) >= 11 is 12.3. The number of aliphatic hydroxyl groups excluding tert-OH is 1. The molecule has 3 fully saturated rings. The molecule has 4 aromatic carbocycles. The Morgan fingerprint density at radius 3 is 1.48 bits per heavy atom. The lowest BCUT2D eigenvalue weighted by atomic mass is 10.2. The summed E-state index contributed by atoms with van der Waals surface area (Å²) in [5.74, 6) is 2.51. The van der Waals surface area contributed by atoms with Crippen LogP contribution in [0.1, 0.15) is 69.8 Å². The zero-order valence-electron chi connectivity index (χ0n) is 44.2. The Morgan fingerprint density at radius 2 is 1.05 bits per heavy atom. The number of nitrogens with zero attached hydrogens (tertiary/aromatic N) is 10. The highest BCUT2D eigenvalue weighted by Crippen LogP contribution is 2.24. The van der Waals surface area contributed by atoms with Gasteiger partial charge in [0.05, 0.1) is 13.1 Å². The minimum atomic E-state index is -0.828. The van der Waals surface area contributed by atoms with Gasteiger partial charge in [-0.3, -0.25) is 18.9 Å². The van der Waals surface area contributed by atoms with Crippen LogP contribution in [0.4, 0.5) is 11.4 Å². The number of anilines is 2. The Bertz CT molecular complexity index is 2750.